The maximum atomic E-state index is 6.02. The highest BCUT2D eigenvalue weighted by atomic mass is 16.5. The third-order valence-corrected chi connectivity index (χ3v) is 4.67. The lowest BCUT2D eigenvalue weighted by Gasteiger charge is -2.47. The van der Waals surface area contributed by atoms with Gasteiger partial charge in [-0.15, -0.1) is 0 Å². The van der Waals surface area contributed by atoms with E-state index in [1.165, 1.54) is 37.1 Å². The van der Waals surface area contributed by atoms with Gasteiger partial charge < -0.3 is 4.74 Å². The second-order valence-corrected chi connectivity index (χ2v) is 5.81. The van der Waals surface area contributed by atoms with Gasteiger partial charge in [0.15, 0.2) is 0 Å². The third-order valence-electron chi connectivity index (χ3n) is 4.67. The molecule has 0 bridgehead atoms. The molecule has 18 heavy (non-hydrogen) atoms. The van der Waals surface area contributed by atoms with Crippen LogP contribution in [0.2, 0.25) is 0 Å². The third kappa shape index (κ3) is 1.99. The molecule has 1 atom stereocenters. The molecule has 1 unspecified atom stereocenters. The molecule has 3 heteroatoms. The lowest BCUT2D eigenvalue weighted by molar-refractivity contribution is -0.141. The predicted molar refractivity (Wildman–Crippen MR) is 71.8 cm³/mol. The van der Waals surface area contributed by atoms with Crippen LogP contribution in [0.15, 0.2) is 6.07 Å². The van der Waals surface area contributed by atoms with E-state index in [4.69, 9.17) is 9.84 Å². The van der Waals surface area contributed by atoms with E-state index in [0.717, 1.165) is 25.9 Å². The number of nitrogens with zero attached hydrogens (tertiary/aromatic N) is 2. The highest BCUT2D eigenvalue weighted by Crippen LogP contribution is 2.45. The van der Waals surface area contributed by atoms with Crippen molar-refractivity contribution in [1.29, 1.82) is 0 Å². The van der Waals surface area contributed by atoms with Gasteiger partial charge in [0.05, 0.1) is 17.3 Å². The first-order valence-electron chi connectivity index (χ1n) is 7.47. The molecule has 1 saturated heterocycles. The first-order chi connectivity index (χ1) is 8.76. The van der Waals surface area contributed by atoms with Gasteiger partial charge in [0.1, 0.15) is 0 Å². The minimum Gasteiger partial charge on any atom is -0.375 e. The lowest BCUT2D eigenvalue weighted by Crippen LogP contribution is -2.46. The number of ether oxygens (including phenoxy) is 1. The number of aromatic nitrogens is 2. The average molecular weight is 248 g/mol. The molecule has 1 spiro atoms. The van der Waals surface area contributed by atoms with Gasteiger partial charge in [-0.2, -0.15) is 5.10 Å². The van der Waals surface area contributed by atoms with Gasteiger partial charge in [0.2, 0.25) is 0 Å². The summed E-state index contributed by atoms with van der Waals surface area (Å²) in [5.41, 5.74) is 2.85. The van der Waals surface area contributed by atoms with Crippen LogP contribution >= 0.6 is 0 Å². The van der Waals surface area contributed by atoms with Crippen molar-refractivity contribution in [2.45, 2.75) is 70.4 Å². The molecule has 2 fully saturated rings. The fraction of sp³-hybridized carbons (Fsp3) is 0.800. The molecule has 1 aliphatic heterocycles. The Bertz CT molecular complexity index is 420. The number of hydrogen-bond donors (Lipinski definition) is 0. The van der Waals surface area contributed by atoms with Gasteiger partial charge in [-0.1, -0.05) is 13.8 Å². The first kappa shape index (κ1) is 12.2. The molecule has 1 saturated carbocycles. The van der Waals surface area contributed by atoms with Crippen LogP contribution in [-0.2, 0) is 17.6 Å². The molecule has 0 radical (unpaired) electrons. The van der Waals surface area contributed by atoms with Crippen LogP contribution in [-0.4, -0.2) is 22.0 Å². The van der Waals surface area contributed by atoms with E-state index in [1.54, 1.807) is 0 Å². The van der Waals surface area contributed by atoms with E-state index in [1.807, 2.05) is 0 Å². The van der Waals surface area contributed by atoms with Crippen molar-refractivity contribution in [3.63, 3.8) is 0 Å². The number of hydrogen-bond acceptors (Lipinski definition) is 2. The van der Waals surface area contributed by atoms with E-state index in [-0.39, 0.29) is 5.60 Å². The van der Waals surface area contributed by atoms with Crippen molar-refractivity contribution < 1.29 is 4.74 Å². The minimum absolute atomic E-state index is 0.215. The van der Waals surface area contributed by atoms with Gasteiger partial charge in [-0.25, -0.2) is 0 Å². The normalized spacial score (nSPS) is 26.2. The van der Waals surface area contributed by atoms with Crippen LogP contribution in [0.3, 0.4) is 0 Å². The maximum Gasteiger partial charge on any atom is 0.0703 e. The van der Waals surface area contributed by atoms with Crippen LogP contribution in [0.25, 0.3) is 0 Å². The Morgan fingerprint density at radius 1 is 1.39 bits per heavy atom. The van der Waals surface area contributed by atoms with Gasteiger partial charge in [0.25, 0.3) is 0 Å². The summed E-state index contributed by atoms with van der Waals surface area (Å²) in [6.07, 6.45) is 8.27. The highest BCUT2D eigenvalue weighted by Gasteiger charge is 2.43. The van der Waals surface area contributed by atoms with Crippen molar-refractivity contribution in [2.24, 2.45) is 0 Å². The zero-order valence-corrected chi connectivity index (χ0v) is 11.6. The van der Waals surface area contributed by atoms with Crippen LogP contribution in [0.5, 0.6) is 0 Å². The summed E-state index contributed by atoms with van der Waals surface area (Å²) in [5.74, 6) is 0. The summed E-state index contributed by atoms with van der Waals surface area (Å²) in [4.78, 5) is 0. The Morgan fingerprint density at radius 3 is 2.83 bits per heavy atom. The molecular formula is C15H24N2O. The smallest absolute Gasteiger partial charge is 0.0703 e. The molecule has 3 rings (SSSR count). The Kier molecular flexibility index (Phi) is 3.18. The first-order valence-corrected chi connectivity index (χ1v) is 7.47. The van der Waals surface area contributed by atoms with Crippen LogP contribution in [0.4, 0.5) is 0 Å². The molecule has 0 amide bonds. The lowest BCUT2D eigenvalue weighted by atomic mass is 9.74. The zero-order chi connectivity index (χ0) is 12.6. The summed E-state index contributed by atoms with van der Waals surface area (Å²) in [6.45, 7) is 5.32. The largest absolute Gasteiger partial charge is 0.375 e. The standard InChI is InChI=1S/C15H24N2O/c1-3-12-10-13(4-2)17(16-12)14-6-9-18-15(11-14)7-5-8-15/h10,14H,3-9,11H2,1-2H3. The molecule has 1 aromatic rings. The molecule has 0 aromatic carbocycles. The molecule has 2 heterocycles. The van der Waals surface area contributed by atoms with Gasteiger partial charge in [-0.3, -0.25) is 4.68 Å². The van der Waals surface area contributed by atoms with Crippen molar-refractivity contribution in [3.8, 4) is 0 Å². The average Bonchev–Trinajstić information content (AvgIpc) is 2.80. The Hall–Kier alpha value is -0.830. The van der Waals surface area contributed by atoms with E-state index in [2.05, 4.69) is 24.6 Å². The molecule has 1 aromatic heterocycles. The molecule has 3 nitrogen and oxygen atoms in total. The molecule has 1 aliphatic carbocycles. The second kappa shape index (κ2) is 4.69. The SMILES string of the molecule is CCc1cc(CC)n(C2CCOC3(CCC3)C2)n1. The maximum absolute atomic E-state index is 6.02. The van der Waals surface area contributed by atoms with Crippen LogP contribution in [0, 0.1) is 0 Å². The van der Waals surface area contributed by atoms with Crippen LogP contribution in [0.1, 0.15) is 63.4 Å². The van der Waals surface area contributed by atoms with Crippen molar-refractivity contribution in [1.82, 2.24) is 9.78 Å². The molecule has 2 aliphatic rings. The fourth-order valence-electron chi connectivity index (χ4n) is 3.37. The predicted octanol–water partition coefficient (Wildman–Crippen LogP) is 3.28. The summed E-state index contributed by atoms with van der Waals surface area (Å²) in [6, 6.07) is 2.84. The van der Waals surface area contributed by atoms with E-state index >= 15 is 0 Å². The number of aryl methyl sites for hydroxylation is 2. The quantitative estimate of drug-likeness (QED) is 0.820. The van der Waals surface area contributed by atoms with Crippen LogP contribution < -0.4 is 0 Å². The summed E-state index contributed by atoms with van der Waals surface area (Å²) < 4.78 is 8.33. The Morgan fingerprint density at radius 2 is 2.22 bits per heavy atom. The highest BCUT2D eigenvalue weighted by molar-refractivity contribution is 5.12. The van der Waals surface area contributed by atoms with Gasteiger partial charge >= 0.3 is 0 Å². The zero-order valence-electron chi connectivity index (χ0n) is 11.6. The van der Waals surface area contributed by atoms with Crippen molar-refractivity contribution in [2.75, 3.05) is 6.61 Å². The Labute approximate surface area is 110 Å². The topological polar surface area (TPSA) is 27.1 Å². The minimum atomic E-state index is 0.215. The van der Waals surface area contributed by atoms with E-state index in [9.17, 15) is 0 Å². The monoisotopic (exact) mass is 248 g/mol. The van der Waals surface area contributed by atoms with E-state index in [0.29, 0.717) is 6.04 Å². The van der Waals surface area contributed by atoms with Gasteiger partial charge in [-0.05, 0) is 51.0 Å². The molecule has 0 N–H and O–H groups in total. The molecule has 100 valence electrons. The van der Waals surface area contributed by atoms with Gasteiger partial charge in [0, 0.05) is 12.3 Å². The Balaban J connectivity index is 1.82. The van der Waals surface area contributed by atoms with Crippen molar-refractivity contribution >= 4 is 0 Å². The summed E-state index contributed by atoms with van der Waals surface area (Å²) in [7, 11) is 0. The van der Waals surface area contributed by atoms with Crippen molar-refractivity contribution in [3.05, 3.63) is 17.5 Å². The molecular weight excluding hydrogens is 224 g/mol. The number of rotatable bonds is 3. The fourth-order valence-corrected chi connectivity index (χ4v) is 3.37. The van der Waals surface area contributed by atoms with E-state index < -0.39 is 0 Å². The summed E-state index contributed by atoms with van der Waals surface area (Å²) >= 11 is 0. The summed E-state index contributed by atoms with van der Waals surface area (Å²) in [5, 5.41) is 4.81. The second-order valence-electron chi connectivity index (χ2n) is 5.81.